The number of hydrogen-bond donors (Lipinski definition) is 1. The van der Waals surface area contributed by atoms with Crippen molar-refractivity contribution in [1.29, 1.82) is 0 Å². The van der Waals surface area contributed by atoms with Gasteiger partial charge in [-0.15, -0.1) is 0 Å². The van der Waals surface area contributed by atoms with Crippen LogP contribution in [0.2, 0.25) is 0 Å². The van der Waals surface area contributed by atoms with Crippen molar-refractivity contribution in [3.05, 3.63) is 17.9 Å². The fourth-order valence-electron chi connectivity index (χ4n) is 2.16. The molecule has 1 saturated heterocycles. The van der Waals surface area contributed by atoms with E-state index in [1.807, 2.05) is 6.92 Å². The minimum Gasteiger partial charge on any atom is -0.447 e. The van der Waals surface area contributed by atoms with Gasteiger partial charge in [0.25, 0.3) is 10.0 Å². The molecule has 2 rings (SSSR count). The summed E-state index contributed by atoms with van der Waals surface area (Å²) in [5.74, 6) is 2.34. The number of rotatable bonds is 6. The summed E-state index contributed by atoms with van der Waals surface area (Å²) in [4.78, 5) is 0. The molecule has 114 valence electrons. The minimum atomic E-state index is -3.50. The first-order chi connectivity index (χ1) is 9.55. The van der Waals surface area contributed by atoms with Crippen molar-refractivity contribution in [1.82, 2.24) is 9.62 Å². The largest absolute Gasteiger partial charge is 0.447 e. The van der Waals surface area contributed by atoms with Crippen molar-refractivity contribution in [2.45, 2.75) is 37.9 Å². The molecule has 1 N–H and O–H groups in total. The minimum absolute atomic E-state index is 0.0190. The highest BCUT2D eigenvalue weighted by molar-refractivity contribution is 7.99. The molecule has 0 radical (unpaired) electrons. The molecule has 1 fully saturated rings. The predicted octanol–water partition coefficient (Wildman–Crippen LogP) is 1.91. The van der Waals surface area contributed by atoms with Crippen LogP contribution in [0.3, 0.4) is 0 Å². The van der Waals surface area contributed by atoms with Crippen LogP contribution in [0.5, 0.6) is 0 Å². The highest BCUT2D eigenvalue weighted by Crippen LogP contribution is 2.25. The van der Waals surface area contributed by atoms with Crippen LogP contribution in [0.15, 0.2) is 21.6 Å². The van der Waals surface area contributed by atoms with Gasteiger partial charge in [-0.1, -0.05) is 6.92 Å². The van der Waals surface area contributed by atoms with Crippen LogP contribution in [-0.2, 0) is 16.6 Å². The Kier molecular flexibility index (Phi) is 5.54. The maximum atomic E-state index is 12.5. The molecule has 1 atom stereocenters. The maximum Gasteiger partial charge on any atom is 0.276 e. The standard InChI is InChI=1S/C13H22N2O3S2/c1-3-6-14-9-12-4-5-13(18-12)20(16,17)15-7-8-19-10-11(15)2/h4-5,11,14H,3,6-10H2,1-2H3. The molecule has 0 aromatic carbocycles. The Morgan fingerprint density at radius 2 is 2.30 bits per heavy atom. The first kappa shape index (κ1) is 15.9. The molecule has 0 saturated carbocycles. The SMILES string of the molecule is CCCNCc1ccc(S(=O)(=O)N2CCSCC2C)o1. The fraction of sp³-hybridized carbons (Fsp3) is 0.692. The van der Waals surface area contributed by atoms with Crippen LogP contribution >= 0.6 is 11.8 Å². The van der Waals surface area contributed by atoms with E-state index in [-0.39, 0.29) is 11.1 Å². The van der Waals surface area contributed by atoms with Crippen molar-refractivity contribution >= 4 is 21.8 Å². The van der Waals surface area contributed by atoms with Crippen LogP contribution < -0.4 is 5.32 Å². The summed E-state index contributed by atoms with van der Waals surface area (Å²) in [6.07, 6.45) is 1.04. The van der Waals surface area contributed by atoms with Crippen molar-refractivity contribution in [2.24, 2.45) is 0 Å². The van der Waals surface area contributed by atoms with Gasteiger partial charge < -0.3 is 9.73 Å². The van der Waals surface area contributed by atoms with E-state index in [0.29, 0.717) is 18.8 Å². The molecule has 1 aliphatic rings. The Labute approximate surface area is 125 Å². The third-order valence-electron chi connectivity index (χ3n) is 3.23. The monoisotopic (exact) mass is 318 g/mol. The summed E-state index contributed by atoms with van der Waals surface area (Å²) in [6, 6.07) is 3.32. The molecule has 1 unspecified atom stereocenters. The van der Waals surface area contributed by atoms with E-state index in [1.54, 1.807) is 28.2 Å². The van der Waals surface area contributed by atoms with E-state index < -0.39 is 10.0 Å². The fourth-order valence-corrected chi connectivity index (χ4v) is 4.95. The summed E-state index contributed by atoms with van der Waals surface area (Å²) >= 11 is 1.79. The van der Waals surface area contributed by atoms with Gasteiger partial charge in [-0.05, 0) is 32.0 Å². The van der Waals surface area contributed by atoms with Crippen molar-refractivity contribution in [3.63, 3.8) is 0 Å². The predicted molar refractivity (Wildman–Crippen MR) is 81.4 cm³/mol. The summed E-state index contributed by atoms with van der Waals surface area (Å²) in [7, 11) is -3.50. The average Bonchev–Trinajstić information content (AvgIpc) is 2.89. The van der Waals surface area contributed by atoms with Gasteiger partial charge in [0.2, 0.25) is 5.09 Å². The molecule has 20 heavy (non-hydrogen) atoms. The summed E-state index contributed by atoms with van der Waals surface area (Å²) in [5, 5.41) is 3.26. The van der Waals surface area contributed by atoms with Crippen LogP contribution in [0, 0.1) is 0 Å². The van der Waals surface area contributed by atoms with E-state index in [2.05, 4.69) is 12.2 Å². The molecule has 5 nitrogen and oxygen atoms in total. The Hall–Kier alpha value is -0.500. The molecule has 0 bridgehead atoms. The second-order valence-corrected chi connectivity index (χ2v) is 7.91. The Morgan fingerprint density at radius 3 is 3.00 bits per heavy atom. The van der Waals surface area contributed by atoms with Gasteiger partial charge in [0.05, 0.1) is 6.54 Å². The number of thioether (sulfide) groups is 1. The van der Waals surface area contributed by atoms with E-state index in [9.17, 15) is 8.42 Å². The lowest BCUT2D eigenvalue weighted by Crippen LogP contribution is -2.44. The van der Waals surface area contributed by atoms with Gasteiger partial charge in [-0.3, -0.25) is 0 Å². The molecule has 0 spiro atoms. The molecular weight excluding hydrogens is 296 g/mol. The quantitative estimate of drug-likeness (QED) is 0.812. The molecule has 1 aromatic rings. The lowest BCUT2D eigenvalue weighted by molar-refractivity contribution is 0.338. The summed E-state index contributed by atoms with van der Waals surface area (Å²) < 4.78 is 32.1. The maximum absolute atomic E-state index is 12.5. The van der Waals surface area contributed by atoms with Crippen molar-refractivity contribution in [3.8, 4) is 0 Å². The highest BCUT2D eigenvalue weighted by atomic mass is 32.2. The second-order valence-electron chi connectivity index (χ2n) is 4.94. The van der Waals surface area contributed by atoms with Crippen LogP contribution in [-0.4, -0.2) is 43.4 Å². The molecule has 1 aliphatic heterocycles. The van der Waals surface area contributed by atoms with Gasteiger partial charge in [0.15, 0.2) is 0 Å². The third-order valence-corrected chi connectivity index (χ3v) is 6.31. The Bertz CT molecular complexity index is 527. The topological polar surface area (TPSA) is 62.6 Å². The lowest BCUT2D eigenvalue weighted by atomic mass is 10.4. The van der Waals surface area contributed by atoms with Crippen molar-refractivity contribution in [2.75, 3.05) is 24.6 Å². The summed E-state index contributed by atoms with van der Waals surface area (Å²) in [6.45, 7) is 6.04. The number of furan rings is 1. The number of hydrogen-bond acceptors (Lipinski definition) is 5. The molecular formula is C13H22N2O3S2. The average molecular weight is 318 g/mol. The number of sulfonamides is 1. The molecule has 0 amide bonds. The zero-order valence-corrected chi connectivity index (χ0v) is 13.6. The van der Waals surface area contributed by atoms with Crippen LogP contribution in [0.25, 0.3) is 0 Å². The van der Waals surface area contributed by atoms with Crippen LogP contribution in [0.1, 0.15) is 26.0 Å². The first-order valence-corrected chi connectivity index (χ1v) is 9.54. The van der Waals surface area contributed by atoms with E-state index >= 15 is 0 Å². The van der Waals surface area contributed by atoms with Gasteiger partial charge in [-0.25, -0.2) is 8.42 Å². The lowest BCUT2D eigenvalue weighted by Gasteiger charge is -2.30. The van der Waals surface area contributed by atoms with E-state index in [1.165, 1.54) is 0 Å². The second kappa shape index (κ2) is 6.98. The molecule has 1 aromatic heterocycles. The van der Waals surface area contributed by atoms with Gasteiger partial charge >= 0.3 is 0 Å². The Morgan fingerprint density at radius 1 is 1.50 bits per heavy atom. The highest BCUT2D eigenvalue weighted by Gasteiger charge is 2.33. The molecule has 0 aliphatic carbocycles. The number of nitrogens with zero attached hydrogens (tertiary/aromatic N) is 1. The zero-order chi connectivity index (χ0) is 14.6. The smallest absolute Gasteiger partial charge is 0.276 e. The summed E-state index contributed by atoms with van der Waals surface area (Å²) in [5.41, 5.74) is 0. The molecule has 2 heterocycles. The zero-order valence-electron chi connectivity index (χ0n) is 12.0. The number of nitrogens with one attached hydrogen (secondary N) is 1. The van der Waals surface area contributed by atoms with Gasteiger partial charge in [-0.2, -0.15) is 16.1 Å². The van der Waals surface area contributed by atoms with Gasteiger partial charge in [0.1, 0.15) is 5.76 Å². The van der Waals surface area contributed by atoms with E-state index in [4.69, 9.17) is 4.42 Å². The molecule has 7 heteroatoms. The Balaban J connectivity index is 2.09. The van der Waals surface area contributed by atoms with E-state index in [0.717, 1.165) is 24.5 Å². The van der Waals surface area contributed by atoms with Crippen molar-refractivity contribution < 1.29 is 12.8 Å². The third kappa shape index (κ3) is 3.58. The van der Waals surface area contributed by atoms with Gasteiger partial charge in [0, 0.05) is 24.1 Å². The first-order valence-electron chi connectivity index (χ1n) is 6.94. The normalized spacial score (nSPS) is 21.2. The van der Waals surface area contributed by atoms with Crippen LogP contribution in [0.4, 0.5) is 0 Å².